The van der Waals surface area contributed by atoms with E-state index < -0.39 is 0 Å². The van der Waals surface area contributed by atoms with E-state index in [2.05, 4.69) is 34.9 Å². The molecule has 1 unspecified atom stereocenters. The Labute approximate surface area is 122 Å². The Morgan fingerprint density at radius 1 is 1.32 bits per heavy atom. The maximum atomic E-state index is 5.23. The van der Waals surface area contributed by atoms with Crippen LogP contribution in [0.5, 0.6) is 0 Å². The zero-order chi connectivity index (χ0) is 12.6. The maximum absolute atomic E-state index is 5.23. The fourth-order valence-electron chi connectivity index (χ4n) is 2.54. The molecule has 0 saturated carbocycles. The molecule has 1 heterocycles. The summed E-state index contributed by atoms with van der Waals surface area (Å²) >= 11 is 0. The number of halogens is 1. The Bertz CT molecular complexity index is 354. The first-order valence-electron chi connectivity index (χ1n) is 6.87. The second-order valence-electron chi connectivity index (χ2n) is 5.05. The molecular formula is C15H25ClN2O. The van der Waals surface area contributed by atoms with Crippen LogP contribution in [-0.2, 0) is 17.9 Å². The van der Waals surface area contributed by atoms with Gasteiger partial charge in [0, 0.05) is 13.7 Å². The molecule has 19 heavy (non-hydrogen) atoms. The average Bonchev–Trinajstić information content (AvgIpc) is 2.42. The molecule has 1 atom stereocenters. The third-order valence-corrected chi connectivity index (χ3v) is 3.57. The second-order valence-corrected chi connectivity index (χ2v) is 5.05. The molecule has 1 saturated heterocycles. The molecule has 1 aromatic carbocycles. The van der Waals surface area contributed by atoms with Crippen LogP contribution in [0.25, 0.3) is 0 Å². The van der Waals surface area contributed by atoms with Crippen LogP contribution in [0.1, 0.15) is 24.0 Å². The third-order valence-electron chi connectivity index (χ3n) is 3.57. The summed E-state index contributed by atoms with van der Waals surface area (Å²) in [4.78, 5) is 0. The molecule has 3 nitrogen and oxygen atoms in total. The van der Waals surface area contributed by atoms with Gasteiger partial charge in [-0.3, -0.25) is 0 Å². The largest absolute Gasteiger partial charge is 0.380 e. The Kier molecular flexibility index (Phi) is 8.07. The van der Waals surface area contributed by atoms with Gasteiger partial charge < -0.3 is 15.4 Å². The van der Waals surface area contributed by atoms with Gasteiger partial charge in [0.1, 0.15) is 0 Å². The fraction of sp³-hybridized carbons (Fsp3) is 0.600. The molecule has 0 spiro atoms. The summed E-state index contributed by atoms with van der Waals surface area (Å²) in [6.07, 6.45) is 2.66. The number of nitrogens with one attached hydrogen (secondary N) is 2. The van der Waals surface area contributed by atoms with E-state index in [0.717, 1.165) is 25.6 Å². The summed E-state index contributed by atoms with van der Waals surface area (Å²) < 4.78 is 5.23. The summed E-state index contributed by atoms with van der Waals surface area (Å²) in [5.74, 6) is 0.785. The minimum Gasteiger partial charge on any atom is -0.380 e. The average molecular weight is 285 g/mol. The van der Waals surface area contributed by atoms with Gasteiger partial charge in [0.15, 0.2) is 0 Å². The standard InChI is InChI=1S/C15H24N2O.ClH/c1-18-12-15-7-3-2-6-14(15)11-17-10-13-5-4-8-16-9-13;/h2-3,6-7,13,16-17H,4-5,8-12H2,1H3;1H. The Balaban J connectivity index is 0.00000180. The Morgan fingerprint density at radius 2 is 2.11 bits per heavy atom. The molecule has 0 amide bonds. The van der Waals surface area contributed by atoms with Crippen molar-refractivity contribution in [2.45, 2.75) is 26.0 Å². The summed E-state index contributed by atoms with van der Waals surface area (Å²) in [5, 5.41) is 7.03. The van der Waals surface area contributed by atoms with Crippen LogP contribution in [0.3, 0.4) is 0 Å². The molecule has 1 aliphatic heterocycles. The van der Waals surface area contributed by atoms with Crippen LogP contribution in [0.4, 0.5) is 0 Å². The molecular weight excluding hydrogens is 260 g/mol. The number of piperidine rings is 1. The van der Waals surface area contributed by atoms with E-state index in [1.54, 1.807) is 7.11 Å². The minimum absolute atomic E-state index is 0. The van der Waals surface area contributed by atoms with E-state index in [-0.39, 0.29) is 12.4 Å². The van der Waals surface area contributed by atoms with Crippen LogP contribution in [0.15, 0.2) is 24.3 Å². The smallest absolute Gasteiger partial charge is 0.0716 e. The molecule has 0 aromatic heterocycles. The Hall–Kier alpha value is -0.610. The van der Waals surface area contributed by atoms with E-state index in [1.165, 1.54) is 30.5 Å². The Morgan fingerprint density at radius 3 is 2.79 bits per heavy atom. The van der Waals surface area contributed by atoms with Crippen molar-refractivity contribution in [3.63, 3.8) is 0 Å². The van der Waals surface area contributed by atoms with Gasteiger partial charge in [0.05, 0.1) is 6.61 Å². The van der Waals surface area contributed by atoms with E-state index in [0.29, 0.717) is 6.61 Å². The van der Waals surface area contributed by atoms with Gasteiger partial charge in [-0.1, -0.05) is 24.3 Å². The monoisotopic (exact) mass is 284 g/mol. The quantitative estimate of drug-likeness (QED) is 0.841. The number of benzene rings is 1. The highest BCUT2D eigenvalue weighted by Gasteiger charge is 2.12. The topological polar surface area (TPSA) is 33.3 Å². The fourth-order valence-corrected chi connectivity index (χ4v) is 2.54. The van der Waals surface area contributed by atoms with Crippen molar-refractivity contribution in [2.75, 3.05) is 26.7 Å². The van der Waals surface area contributed by atoms with Crippen LogP contribution in [0, 0.1) is 5.92 Å². The van der Waals surface area contributed by atoms with Crippen molar-refractivity contribution < 1.29 is 4.74 Å². The highest BCUT2D eigenvalue weighted by Crippen LogP contribution is 2.11. The van der Waals surface area contributed by atoms with Gasteiger partial charge in [-0.15, -0.1) is 12.4 Å². The lowest BCUT2D eigenvalue weighted by Gasteiger charge is -2.23. The SMILES string of the molecule is COCc1ccccc1CNCC1CCCNC1.Cl. The summed E-state index contributed by atoms with van der Waals surface area (Å²) in [5.41, 5.74) is 2.64. The number of rotatable bonds is 6. The molecule has 4 heteroatoms. The molecule has 0 bridgehead atoms. The van der Waals surface area contributed by atoms with Crippen molar-refractivity contribution in [3.8, 4) is 0 Å². The lowest BCUT2D eigenvalue weighted by Crippen LogP contribution is -2.35. The van der Waals surface area contributed by atoms with Crippen molar-refractivity contribution >= 4 is 12.4 Å². The predicted octanol–water partition coefficient (Wildman–Crippen LogP) is 2.34. The maximum Gasteiger partial charge on any atom is 0.0716 e. The predicted molar refractivity (Wildman–Crippen MR) is 81.7 cm³/mol. The van der Waals surface area contributed by atoms with Crippen LogP contribution >= 0.6 is 12.4 Å². The van der Waals surface area contributed by atoms with Crippen molar-refractivity contribution in [3.05, 3.63) is 35.4 Å². The highest BCUT2D eigenvalue weighted by atomic mass is 35.5. The van der Waals surface area contributed by atoms with E-state index in [1.807, 2.05) is 0 Å². The number of hydrogen-bond donors (Lipinski definition) is 2. The van der Waals surface area contributed by atoms with Gasteiger partial charge in [-0.25, -0.2) is 0 Å². The molecule has 1 aromatic rings. The summed E-state index contributed by atoms with van der Waals surface area (Å²) in [7, 11) is 1.75. The normalized spacial score (nSPS) is 18.9. The molecule has 108 valence electrons. The highest BCUT2D eigenvalue weighted by molar-refractivity contribution is 5.85. The van der Waals surface area contributed by atoms with Crippen LogP contribution in [-0.4, -0.2) is 26.7 Å². The zero-order valence-corrected chi connectivity index (χ0v) is 12.5. The zero-order valence-electron chi connectivity index (χ0n) is 11.7. The summed E-state index contributed by atoms with van der Waals surface area (Å²) in [6.45, 7) is 5.09. The van der Waals surface area contributed by atoms with E-state index in [4.69, 9.17) is 4.74 Å². The molecule has 2 N–H and O–H groups in total. The molecule has 1 aliphatic rings. The number of methoxy groups -OCH3 is 1. The van der Waals surface area contributed by atoms with Gasteiger partial charge in [0.25, 0.3) is 0 Å². The minimum atomic E-state index is 0. The van der Waals surface area contributed by atoms with Crippen molar-refractivity contribution in [1.82, 2.24) is 10.6 Å². The lowest BCUT2D eigenvalue weighted by atomic mass is 9.99. The first-order chi connectivity index (χ1) is 8.90. The van der Waals surface area contributed by atoms with Gasteiger partial charge in [-0.05, 0) is 49.5 Å². The second kappa shape index (κ2) is 9.32. The third kappa shape index (κ3) is 5.49. The first kappa shape index (κ1) is 16.4. The first-order valence-corrected chi connectivity index (χ1v) is 6.87. The van der Waals surface area contributed by atoms with Crippen LogP contribution < -0.4 is 10.6 Å². The molecule has 2 rings (SSSR count). The van der Waals surface area contributed by atoms with Crippen molar-refractivity contribution in [2.24, 2.45) is 5.92 Å². The molecule has 0 aliphatic carbocycles. The molecule has 1 fully saturated rings. The van der Waals surface area contributed by atoms with E-state index >= 15 is 0 Å². The van der Waals surface area contributed by atoms with Gasteiger partial charge >= 0.3 is 0 Å². The van der Waals surface area contributed by atoms with Crippen molar-refractivity contribution in [1.29, 1.82) is 0 Å². The number of hydrogen-bond acceptors (Lipinski definition) is 3. The van der Waals surface area contributed by atoms with Crippen LogP contribution in [0.2, 0.25) is 0 Å². The molecule has 0 radical (unpaired) electrons. The lowest BCUT2D eigenvalue weighted by molar-refractivity contribution is 0.184. The van der Waals surface area contributed by atoms with E-state index in [9.17, 15) is 0 Å². The number of ether oxygens (including phenoxy) is 1. The van der Waals surface area contributed by atoms with Gasteiger partial charge in [0.2, 0.25) is 0 Å². The van der Waals surface area contributed by atoms with Gasteiger partial charge in [-0.2, -0.15) is 0 Å². The summed E-state index contributed by atoms with van der Waals surface area (Å²) in [6, 6.07) is 8.49.